The molecule has 0 saturated heterocycles. The minimum atomic E-state index is -4.16. The normalized spacial score (nSPS) is 16.2. The lowest BCUT2D eigenvalue weighted by molar-refractivity contribution is 0.430. The maximum absolute atomic E-state index is 12.1. The van der Waals surface area contributed by atoms with Crippen LogP contribution in [0.15, 0.2) is 0 Å². The second kappa shape index (κ2) is 8.28. The molecule has 0 N–H and O–H groups in total. The van der Waals surface area contributed by atoms with Crippen LogP contribution in [0.5, 0.6) is 0 Å². The summed E-state index contributed by atoms with van der Waals surface area (Å²) >= 11 is 36.9. The first-order valence-corrected chi connectivity index (χ1v) is 14.2. The first kappa shape index (κ1) is 26.2. The molecule has 0 amide bonds. The predicted molar refractivity (Wildman–Crippen MR) is 127 cm³/mol. The molecule has 0 unspecified atom stereocenters. The molecule has 15 heteroatoms. The van der Waals surface area contributed by atoms with Crippen LogP contribution >= 0.6 is 175 Å². The Labute approximate surface area is 215 Å². The lowest BCUT2D eigenvalue weighted by atomic mass is 10.2. The first-order chi connectivity index (χ1) is 8.81. The molecular weight excluding hydrogens is 1030 g/mol. The molecule has 127 valence electrons. The summed E-state index contributed by atoms with van der Waals surface area (Å²) in [5, 5.41) is 0. The van der Waals surface area contributed by atoms with E-state index in [0.29, 0.717) is 0 Å². The summed E-state index contributed by atoms with van der Waals surface area (Å²) < 4.78 is 22.2. The van der Waals surface area contributed by atoms with E-state index in [4.69, 9.17) is 0 Å². The molecule has 21 heavy (non-hydrogen) atoms. The highest BCUT2D eigenvalue weighted by atomic mass is 80.0. The average Bonchev–Trinajstić information content (AvgIpc) is 2.26. The summed E-state index contributed by atoms with van der Waals surface area (Å²) in [4.78, 5) is 0. The Morgan fingerprint density at radius 2 is 1.00 bits per heavy atom. The van der Waals surface area contributed by atoms with Crippen LogP contribution in [0, 0.1) is 7.11 Å². The minimum absolute atomic E-state index is 0.898. The number of hydrogen-bond donors (Lipinski definition) is 0. The molecule has 0 bridgehead atoms. The highest BCUT2D eigenvalue weighted by Gasteiger charge is 2.73. The van der Waals surface area contributed by atoms with Crippen LogP contribution in [0.1, 0.15) is 0 Å². The van der Waals surface area contributed by atoms with Crippen molar-refractivity contribution in [1.29, 1.82) is 0 Å². The summed E-state index contributed by atoms with van der Waals surface area (Å²) in [5.74, 6) is 0. The van der Waals surface area contributed by atoms with Crippen LogP contribution in [0.25, 0.3) is 0 Å². The maximum Gasteiger partial charge on any atom is 0.296 e. The van der Waals surface area contributed by atoms with Crippen LogP contribution in [0.2, 0.25) is 0 Å². The van der Waals surface area contributed by atoms with Crippen LogP contribution in [-0.2, 0) is 14.3 Å². The quantitative estimate of drug-likeness (QED) is 0.208. The fourth-order valence-corrected chi connectivity index (χ4v) is 11.0. The number of alkyl halides is 11. The van der Waals surface area contributed by atoms with Crippen molar-refractivity contribution in [3.05, 3.63) is 7.11 Å². The van der Waals surface area contributed by atoms with E-state index in [-0.39, 0.29) is 0 Å². The van der Waals surface area contributed by atoms with E-state index >= 15 is 0 Å². The van der Waals surface area contributed by atoms with Gasteiger partial charge in [0.1, 0.15) is 9.70 Å². The van der Waals surface area contributed by atoms with E-state index in [1.807, 2.05) is 0 Å². The van der Waals surface area contributed by atoms with Crippen molar-refractivity contribution in [2.45, 2.75) is 14.4 Å². The van der Waals surface area contributed by atoms with Gasteiger partial charge in [-0.2, -0.15) is 8.42 Å². The third-order valence-corrected chi connectivity index (χ3v) is 25.8. The second-order valence-electron chi connectivity index (χ2n) is 3.31. The third-order valence-electron chi connectivity index (χ3n) is 1.98. The van der Waals surface area contributed by atoms with Crippen LogP contribution in [0.3, 0.4) is 0 Å². The van der Waals surface area contributed by atoms with Crippen molar-refractivity contribution in [3.63, 3.8) is 0 Å². The topological polar surface area (TPSA) is 43.4 Å². The van der Waals surface area contributed by atoms with E-state index in [9.17, 15) is 8.42 Å². The third kappa shape index (κ3) is 4.79. The van der Waals surface area contributed by atoms with Crippen molar-refractivity contribution < 1.29 is 12.6 Å². The standard InChI is InChI=1S/C6H2Br11O3S/c1-20-21(18,19)6(16,17)4(11,12)2(7,8)3(9,10)5(13,14)15/h1H2. The van der Waals surface area contributed by atoms with E-state index in [2.05, 4.69) is 187 Å². The summed E-state index contributed by atoms with van der Waals surface area (Å²) in [6, 6.07) is 0. The number of hydrogen-bond acceptors (Lipinski definition) is 3. The lowest BCUT2D eigenvalue weighted by Crippen LogP contribution is -2.61. The van der Waals surface area contributed by atoms with Gasteiger partial charge in [0.15, 0.2) is 2.14 Å². The van der Waals surface area contributed by atoms with Crippen LogP contribution < -0.4 is 0 Å². The van der Waals surface area contributed by atoms with Crippen molar-refractivity contribution in [2.24, 2.45) is 0 Å². The van der Waals surface area contributed by atoms with Gasteiger partial charge in [0.2, 0.25) is 2.57 Å². The molecule has 0 aromatic heterocycles. The van der Waals surface area contributed by atoms with Crippen molar-refractivity contribution in [2.75, 3.05) is 0 Å². The van der Waals surface area contributed by atoms with Gasteiger partial charge in [-0.3, -0.25) is 4.18 Å². The molecule has 1 radical (unpaired) electrons. The van der Waals surface area contributed by atoms with Gasteiger partial charge >= 0.3 is 0 Å². The highest BCUT2D eigenvalue weighted by molar-refractivity contribution is 9.42. The van der Waals surface area contributed by atoms with Crippen molar-refractivity contribution in [1.82, 2.24) is 0 Å². The molecular formula is C6H2Br11O3S. The predicted octanol–water partition coefficient (Wildman–Crippen LogP) is 7.86. The van der Waals surface area contributed by atoms with Gasteiger partial charge in [-0.05, 0) is 31.9 Å². The van der Waals surface area contributed by atoms with E-state index in [1.54, 1.807) is 0 Å². The summed E-state index contributed by atoms with van der Waals surface area (Å²) in [6.45, 7) is 0. The Morgan fingerprint density at radius 1 is 0.667 bits per heavy atom. The van der Waals surface area contributed by atoms with Gasteiger partial charge in [0.25, 0.3) is 10.1 Å². The molecule has 0 spiro atoms. The van der Waals surface area contributed by atoms with E-state index < -0.39 is 24.5 Å². The Bertz CT molecular complexity index is 491. The zero-order valence-corrected chi connectivity index (χ0v) is 27.3. The Morgan fingerprint density at radius 3 is 1.24 bits per heavy atom. The van der Waals surface area contributed by atoms with Gasteiger partial charge in [0.05, 0.1) is 7.11 Å². The zero-order valence-electron chi connectivity index (χ0n) is 9.00. The van der Waals surface area contributed by atoms with E-state index in [1.165, 1.54) is 0 Å². The average molecular weight is 1030 g/mol. The van der Waals surface area contributed by atoms with Gasteiger partial charge in [-0.15, -0.1) is 0 Å². The van der Waals surface area contributed by atoms with Crippen molar-refractivity contribution in [3.8, 4) is 0 Å². The van der Waals surface area contributed by atoms with Crippen LogP contribution in [0.4, 0.5) is 0 Å². The highest BCUT2D eigenvalue weighted by Crippen LogP contribution is 2.72. The summed E-state index contributed by atoms with van der Waals surface area (Å²) in [6.07, 6.45) is 0. The van der Waals surface area contributed by atoms with Crippen molar-refractivity contribution >= 4 is 185 Å². The summed E-state index contributed by atoms with van der Waals surface area (Å²) in [7, 11) is -1.20. The van der Waals surface area contributed by atoms with E-state index in [0.717, 1.165) is 0 Å². The molecule has 0 aliphatic carbocycles. The monoisotopic (exact) mass is 1020 g/mol. The Hall–Kier alpha value is 5.19. The minimum Gasteiger partial charge on any atom is -0.266 e. The molecule has 3 nitrogen and oxygen atoms in total. The maximum atomic E-state index is 12.1. The fourth-order valence-electron chi connectivity index (χ4n) is 0.789. The second-order valence-corrected chi connectivity index (χ2v) is 26.6. The largest absolute Gasteiger partial charge is 0.296 e. The summed E-state index contributed by atoms with van der Waals surface area (Å²) in [5.41, 5.74) is 0. The Balaban J connectivity index is 6.27. The molecule has 0 fully saturated rings. The molecule has 0 rings (SSSR count). The molecule has 0 aromatic rings. The molecule has 0 atom stereocenters. The van der Waals surface area contributed by atoms with Gasteiger partial charge in [-0.1, -0.05) is 143 Å². The molecule has 0 aliphatic rings. The first-order valence-electron chi connectivity index (χ1n) is 4.07. The Kier molecular flexibility index (Phi) is 10.3. The van der Waals surface area contributed by atoms with Crippen LogP contribution in [-0.4, -0.2) is 22.8 Å². The lowest BCUT2D eigenvalue weighted by Gasteiger charge is -2.50. The molecule has 0 heterocycles. The number of rotatable bonds is 5. The molecule has 0 aromatic carbocycles. The fraction of sp³-hybridized carbons (Fsp3) is 0.833. The van der Waals surface area contributed by atoms with Gasteiger partial charge < -0.3 is 0 Å². The molecule has 0 saturated carbocycles. The number of halogens is 11. The van der Waals surface area contributed by atoms with Gasteiger partial charge in [-0.25, -0.2) is 0 Å². The van der Waals surface area contributed by atoms with Gasteiger partial charge in [0, 0.05) is 0 Å². The zero-order chi connectivity index (χ0) is 17.7. The smallest absolute Gasteiger partial charge is 0.266 e. The molecule has 0 aliphatic heterocycles. The SMILES string of the molecule is [CH2]OS(=O)(=O)C(Br)(Br)C(Br)(Br)C(Br)(Br)C(Br)(Br)C(Br)(Br)Br.